The Morgan fingerprint density at radius 2 is 1.80 bits per heavy atom. The van der Waals surface area contributed by atoms with Crippen LogP contribution in [-0.2, 0) is 13.1 Å². The molecule has 0 aliphatic heterocycles. The average molecular weight is 401 g/mol. The molecule has 0 spiro atoms. The van der Waals surface area contributed by atoms with Crippen LogP contribution in [-0.4, -0.2) is 25.8 Å². The third-order valence-electron chi connectivity index (χ3n) is 4.46. The summed E-state index contributed by atoms with van der Waals surface area (Å²) < 4.78 is 6.28. The summed E-state index contributed by atoms with van der Waals surface area (Å²) in [5.74, 6) is -0.452. The van der Waals surface area contributed by atoms with E-state index in [9.17, 15) is 9.59 Å². The fraction of sp³-hybridized carbons (Fsp3) is 0.136. The van der Waals surface area contributed by atoms with E-state index in [4.69, 9.17) is 4.52 Å². The van der Waals surface area contributed by atoms with Crippen LogP contribution in [0.25, 0.3) is 11.3 Å². The molecule has 150 valence electrons. The molecule has 0 bridgehead atoms. The van der Waals surface area contributed by atoms with Crippen molar-refractivity contribution in [2.75, 3.05) is 0 Å². The van der Waals surface area contributed by atoms with Crippen LogP contribution in [0.2, 0.25) is 0 Å². The Morgan fingerprint density at radius 3 is 2.57 bits per heavy atom. The standard InChI is InChI=1S/C22H19N5O3/c1-15-7-9-16(10-8-15)13-23-21(29)22-24-19(26-30-22)14-27-20(28)12-11-18(25-27)17-5-3-2-4-6-17/h2-12H,13-14H2,1H3,(H,23,29). The molecule has 0 saturated carbocycles. The van der Waals surface area contributed by atoms with Crippen LogP contribution in [0.4, 0.5) is 0 Å². The van der Waals surface area contributed by atoms with Crippen LogP contribution in [0, 0.1) is 6.92 Å². The maximum absolute atomic E-state index is 12.3. The first-order valence-corrected chi connectivity index (χ1v) is 9.38. The Hall–Kier alpha value is -4.07. The summed E-state index contributed by atoms with van der Waals surface area (Å²) in [5.41, 5.74) is 3.34. The second kappa shape index (κ2) is 8.52. The molecule has 8 nitrogen and oxygen atoms in total. The van der Waals surface area contributed by atoms with Gasteiger partial charge in [0, 0.05) is 18.2 Å². The molecule has 0 fully saturated rings. The number of carbonyl (C=O) groups is 1. The first-order chi connectivity index (χ1) is 14.6. The number of nitrogens with zero attached hydrogens (tertiary/aromatic N) is 4. The van der Waals surface area contributed by atoms with Gasteiger partial charge in [-0.3, -0.25) is 9.59 Å². The fourth-order valence-corrected chi connectivity index (χ4v) is 2.83. The smallest absolute Gasteiger partial charge is 0.316 e. The van der Waals surface area contributed by atoms with Gasteiger partial charge in [0.25, 0.3) is 5.56 Å². The number of benzene rings is 2. The van der Waals surface area contributed by atoms with Gasteiger partial charge in [0.15, 0.2) is 5.82 Å². The van der Waals surface area contributed by atoms with Crippen molar-refractivity contribution in [2.24, 2.45) is 0 Å². The predicted octanol–water partition coefficient (Wildman–Crippen LogP) is 2.58. The summed E-state index contributed by atoms with van der Waals surface area (Å²) in [6, 6.07) is 20.4. The molecule has 1 N–H and O–H groups in total. The lowest BCUT2D eigenvalue weighted by Gasteiger charge is -2.05. The van der Waals surface area contributed by atoms with Gasteiger partial charge < -0.3 is 9.84 Å². The SMILES string of the molecule is Cc1ccc(CNC(=O)c2nc(Cn3nc(-c4ccccc4)ccc3=O)no2)cc1. The first kappa shape index (κ1) is 19.3. The maximum Gasteiger partial charge on any atom is 0.316 e. The fourth-order valence-electron chi connectivity index (χ4n) is 2.83. The van der Waals surface area contributed by atoms with Crippen LogP contribution in [0.1, 0.15) is 27.6 Å². The summed E-state index contributed by atoms with van der Waals surface area (Å²) in [6.07, 6.45) is 0. The monoisotopic (exact) mass is 401 g/mol. The highest BCUT2D eigenvalue weighted by Crippen LogP contribution is 2.14. The molecule has 4 aromatic rings. The van der Waals surface area contributed by atoms with Gasteiger partial charge >= 0.3 is 11.8 Å². The third kappa shape index (κ3) is 4.49. The molecule has 2 aromatic heterocycles. The second-order valence-corrected chi connectivity index (χ2v) is 6.76. The van der Waals surface area contributed by atoms with Crippen LogP contribution in [0.5, 0.6) is 0 Å². The van der Waals surface area contributed by atoms with Crippen LogP contribution < -0.4 is 10.9 Å². The normalized spacial score (nSPS) is 10.7. The predicted molar refractivity (Wildman–Crippen MR) is 110 cm³/mol. The van der Waals surface area contributed by atoms with Gasteiger partial charge in [-0.1, -0.05) is 65.3 Å². The van der Waals surface area contributed by atoms with Gasteiger partial charge in [-0.15, -0.1) is 0 Å². The van der Waals surface area contributed by atoms with E-state index in [0.29, 0.717) is 12.2 Å². The van der Waals surface area contributed by atoms with Gasteiger partial charge in [0.2, 0.25) is 0 Å². The number of amides is 1. The van der Waals surface area contributed by atoms with Crippen LogP contribution in [0.3, 0.4) is 0 Å². The Bertz CT molecular complexity index is 1210. The summed E-state index contributed by atoms with van der Waals surface area (Å²) in [4.78, 5) is 28.5. The van der Waals surface area contributed by atoms with Gasteiger partial charge in [-0.05, 0) is 18.6 Å². The van der Waals surface area contributed by atoms with Gasteiger partial charge in [0.05, 0.1) is 5.69 Å². The quantitative estimate of drug-likeness (QED) is 0.533. The Kier molecular flexibility index (Phi) is 5.47. The zero-order valence-electron chi connectivity index (χ0n) is 16.3. The minimum absolute atomic E-state index is 0.00571. The molecular weight excluding hydrogens is 382 g/mol. The van der Waals surface area contributed by atoms with E-state index in [2.05, 4.69) is 20.6 Å². The Morgan fingerprint density at radius 1 is 1.03 bits per heavy atom. The van der Waals surface area contributed by atoms with E-state index in [1.165, 1.54) is 10.7 Å². The number of aryl methyl sites for hydroxylation is 1. The maximum atomic E-state index is 12.3. The second-order valence-electron chi connectivity index (χ2n) is 6.76. The molecule has 0 aliphatic rings. The molecule has 30 heavy (non-hydrogen) atoms. The summed E-state index contributed by atoms with van der Waals surface area (Å²) >= 11 is 0. The van der Waals surface area contributed by atoms with Crippen molar-refractivity contribution in [2.45, 2.75) is 20.0 Å². The van der Waals surface area contributed by atoms with E-state index in [-0.39, 0.29) is 23.8 Å². The van der Waals surface area contributed by atoms with Crippen molar-refractivity contribution in [3.63, 3.8) is 0 Å². The molecule has 0 saturated heterocycles. The Balaban J connectivity index is 1.45. The molecule has 2 heterocycles. The molecule has 0 aliphatic carbocycles. The number of nitrogens with one attached hydrogen (secondary N) is 1. The molecule has 4 rings (SSSR count). The molecule has 8 heteroatoms. The largest absolute Gasteiger partial charge is 0.344 e. The number of hydrogen-bond acceptors (Lipinski definition) is 6. The van der Waals surface area contributed by atoms with Crippen molar-refractivity contribution in [3.8, 4) is 11.3 Å². The molecule has 0 unspecified atom stereocenters. The van der Waals surface area contributed by atoms with Gasteiger partial charge in [0.1, 0.15) is 6.54 Å². The number of carbonyl (C=O) groups excluding carboxylic acids is 1. The third-order valence-corrected chi connectivity index (χ3v) is 4.46. The zero-order chi connectivity index (χ0) is 20.9. The highest BCUT2D eigenvalue weighted by Gasteiger charge is 2.16. The summed E-state index contributed by atoms with van der Waals surface area (Å²) in [6.45, 7) is 2.34. The highest BCUT2D eigenvalue weighted by atomic mass is 16.5. The lowest BCUT2D eigenvalue weighted by molar-refractivity contribution is 0.0907. The van der Waals surface area contributed by atoms with E-state index in [1.54, 1.807) is 6.07 Å². The topological polar surface area (TPSA) is 103 Å². The lowest BCUT2D eigenvalue weighted by Crippen LogP contribution is -2.24. The minimum atomic E-state index is -0.479. The van der Waals surface area contributed by atoms with Gasteiger partial charge in [-0.2, -0.15) is 10.1 Å². The van der Waals surface area contributed by atoms with Crippen molar-refractivity contribution in [1.29, 1.82) is 0 Å². The number of rotatable bonds is 6. The van der Waals surface area contributed by atoms with Crippen LogP contribution >= 0.6 is 0 Å². The summed E-state index contributed by atoms with van der Waals surface area (Å²) in [5, 5.41) is 10.9. The first-order valence-electron chi connectivity index (χ1n) is 9.38. The van der Waals surface area contributed by atoms with E-state index in [0.717, 1.165) is 16.7 Å². The van der Waals surface area contributed by atoms with E-state index >= 15 is 0 Å². The average Bonchev–Trinajstić information content (AvgIpc) is 3.24. The lowest BCUT2D eigenvalue weighted by atomic mass is 10.1. The zero-order valence-corrected chi connectivity index (χ0v) is 16.3. The molecule has 0 atom stereocenters. The van der Waals surface area contributed by atoms with Gasteiger partial charge in [-0.25, -0.2) is 4.68 Å². The minimum Gasteiger partial charge on any atom is -0.344 e. The van der Waals surface area contributed by atoms with E-state index in [1.807, 2.05) is 61.5 Å². The summed E-state index contributed by atoms with van der Waals surface area (Å²) in [7, 11) is 0. The number of hydrogen-bond donors (Lipinski definition) is 1. The molecule has 1 amide bonds. The molecule has 0 radical (unpaired) electrons. The molecule has 2 aromatic carbocycles. The van der Waals surface area contributed by atoms with Crippen molar-refractivity contribution in [3.05, 3.63) is 99.9 Å². The molecular formula is C22H19N5O3. The van der Waals surface area contributed by atoms with Crippen molar-refractivity contribution in [1.82, 2.24) is 25.2 Å². The van der Waals surface area contributed by atoms with Crippen LogP contribution in [0.15, 0.2) is 76.0 Å². The van der Waals surface area contributed by atoms with Crippen molar-refractivity contribution < 1.29 is 9.32 Å². The number of aromatic nitrogens is 4. The Labute approximate surface area is 172 Å². The van der Waals surface area contributed by atoms with E-state index < -0.39 is 5.91 Å². The highest BCUT2D eigenvalue weighted by molar-refractivity contribution is 5.89. The van der Waals surface area contributed by atoms with Crippen molar-refractivity contribution >= 4 is 5.91 Å².